The van der Waals surface area contributed by atoms with Crippen LogP contribution in [0.25, 0.3) is 5.69 Å². The molecule has 0 bridgehead atoms. The van der Waals surface area contributed by atoms with Crippen LogP contribution in [0.4, 0.5) is 0 Å². The van der Waals surface area contributed by atoms with Crippen molar-refractivity contribution in [3.63, 3.8) is 0 Å². The summed E-state index contributed by atoms with van der Waals surface area (Å²) in [6.45, 7) is 8.82. The molecule has 0 atom stereocenters. The molecule has 3 aromatic rings. The summed E-state index contributed by atoms with van der Waals surface area (Å²) in [6.07, 6.45) is 0. The van der Waals surface area contributed by atoms with Crippen LogP contribution in [-0.2, 0) is 0 Å². The maximum Gasteiger partial charge on any atom is 0.276 e. The number of aryl methyl sites for hydroxylation is 3. The average Bonchev–Trinajstić information content (AvgIpc) is 3.01. The second kappa shape index (κ2) is 8.25. The van der Waals surface area contributed by atoms with Crippen molar-refractivity contribution in [1.29, 1.82) is 0 Å². The van der Waals surface area contributed by atoms with E-state index in [1.807, 2.05) is 64.1 Å². The molecule has 0 aliphatic heterocycles. The molecule has 146 valence electrons. The van der Waals surface area contributed by atoms with Gasteiger partial charge in [-0.2, -0.15) is 0 Å². The summed E-state index contributed by atoms with van der Waals surface area (Å²) in [5, 5.41) is 8.28. The van der Waals surface area contributed by atoms with Gasteiger partial charge in [0.2, 0.25) is 0 Å². The molecule has 0 aliphatic rings. The van der Waals surface area contributed by atoms with Gasteiger partial charge in [-0.25, -0.2) is 4.68 Å². The second-order valence-electron chi connectivity index (χ2n) is 7.17. The molecule has 1 aromatic heterocycles. The van der Waals surface area contributed by atoms with Crippen molar-refractivity contribution in [3.05, 3.63) is 70.5 Å². The van der Waals surface area contributed by atoms with Crippen molar-refractivity contribution in [3.8, 4) is 11.4 Å². The Balaban J connectivity index is 1.65. The normalized spacial score (nSPS) is 10.8. The summed E-state index contributed by atoms with van der Waals surface area (Å²) >= 11 is 0. The Kier molecular flexibility index (Phi) is 5.78. The maximum absolute atomic E-state index is 12.8. The van der Waals surface area contributed by atoms with E-state index in [1.165, 1.54) is 0 Å². The van der Waals surface area contributed by atoms with Crippen molar-refractivity contribution >= 4 is 5.91 Å². The molecule has 0 unspecified atom stereocenters. The summed E-state index contributed by atoms with van der Waals surface area (Å²) in [6, 6.07) is 14.0. The monoisotopic (exact) mass is 378 g/mol. The lowest BCUT2D eigenvalue weighted by atomic mass is 10.1. The lowest BCUT2D eigenvalue weighted by Gasteiger charge is -2.17. The number of hydrogen-bond acceptors (Lipinski definition) is 4. The third-order valence-corrected chi connectivity index (χ3v) is 4.58. The number of nitrogens with zero attached hydrogens (tertiary/aromatic N) is 4. The minimum absolute atomic E-state index is 0.166. The van der Waals surface area contributed by atoms with Gasteiger partial charge in [0.25, 0.3) is 5.91 Å². The Morgan fingerprint density at radius 2 is 1.75 bits per heavy atom. The van der Waals surface area contributed by atoms with E-state index >= 15 is 0 Å². The topological polar surface area (TPSA) is 60.2 Å². The molecule has 28 heavy (non-hydrogen) atoms. The Bertz CT molecular complexity index is 974. The highest BCUT2D eigenvalue weighted by atomic mass is 16.5. The fourth-order valence-corrected chi connectivity index (χ4v) is 3.13. The Labute approximate surface area is 165 Å². The number of likely N-dealkylation sites (N-methyl/N-ethyl adjacent to an activating group) is 1. The predicted molar refractivity (Wildman–Crippen MR) is 109 cm³/mol. The van der Waals surface area contributed by atoms with Crippen LogP contribution in [-0.4, -0.2) is 46.0 Å². The third-order valence-electron chi connectivity index (χ3n) is 4.58. The minimum Gasteiger partial charge on any atom is -0.492 e. The molecule has 0 aliphatic carbocycles. The largest absolute Gasteiger partial charge is 0.492 e. The van der Waals surface area contributed by atoms with Crippen molar-refractivity contribution in [1.82, 2.24) is 19.9 Å². The highest BCUT2D eigenvalue weighted by Crippen LogP contribution is 2.17. The van der Waals surface area contributed by atoms with Gasteiger partial charge in [0.15, 0.2) is 5.69 Å². The molecule has 2 aromatic carbocycles. The van der Waals surface area contributed by atoms with E-state index in [4.69, 9.17) is 4.74 Å². The number of amides is 1. The molecule has 0 N–H and O–H groups in total. The van der Waals surface area contributed by atoms with Crippen LogP contribution in [0.2, 0.25) is 0 Å². The highest BCUT2D eigenvalue weighted by molar-refractivity contribution is 5.93. The number of carbonyl (C=O) groups is 1. The van der Waals surface area contributed by atoms with E-state index in [-0.39, 0.29) is 5.91 Å². The molecule has 3 rings (SSSR count). The van der Waals surface area contributed by atoms with Gasteiger partial charge in [-0.15, -0.1) is 5.10 Å². The van der Waals surface area contributed by atoms with E-state index in [0.29, 0.717) is 18.8 Å². The number of hydrogen-bond donors (Lipinski definition) is 0. The number of benzene rings is 2. The van der Waals surface area contributed by atoms with Gasteiger partial charge >= 0.3 is 0 Å². The molecular formula is C22H26N4O2. The first kappa shape index (κ1) is 19.6. The fraction of sp³-hybridized carbons (Fsp3) is 0.318. The molecule has 0 radical (unpaired) electrons. The zero-order valence-electron chi connectivity index (χ0n) is 17.1. The molecule has 0 fully saturated rings. The third kappa shape index (κ3) is 4.39. The summed E-state index contributed by atoms with van der Waals surface area (Å²) < 4.78 is 7.50. The first-order valence-corrected chi connectivity index (χ1v) is 9.31. The molecule has 6 nitrogen and oxygen atoms in total. The van der Waals surface area contributed by atoms with Gasteiger partial charge in [-0.05, 0) is 68.7 Å². The van der Waals surface area contributed by atoms with Crippen LogP contribution in [0.1, 0.15) is 32.9 Å². The Morgan fingerprint density at radius 1 is 1.04 bits per heavy atom. The van der Waals surface area contributed by atoms with Crippen LogP contribution in [0.3, 0.4) is 0 Å². The number of aromatic nitrogens is 3. The molecule has 6 heteroatoms. The minimum atomic E-state index is -0.166. The summed E-state index contributed by atoms with van der Waals surface area (Å²) in [7, 11) is 1.75. The van der Waals surface area contributed by atoms with E-state index in [9.17, 15) is 4.79 Å². The molecular weight excluding hydrogens is 352 g/mol. The van der Waals surface area contributed by atoms with Crippen LogP contribution < -0.4 is 4.74 Å². The summed E-state index contributed by atoms with van der Waals surface area (Å²) in [4.78, 5) is 14.4. The molecule has 1 amide bonds. The SMILES string of the molecule is Cc1cc(C)cc(OCCN(C)C(=O)c2nnn(-c3cccc(C)c3)c2C)c1. The molecule has 0 spiro atoms. The van der Waals surface area contributed by atoms with Crippen molar-refractivity contribution in [2.24, 2.45) is 0 Å². The number of ether oxygens (including phenoxy) is 1. The first-order valence-electron chi connectivity index (χ1n) is 9.31. The van der Waals surface area contributed by atoms with Gasteiger partial charge < -0.3 is 9.64 Å². The number of rotatable bonds is 6. The first-order chi connectivity index (χ1) is 13.3. The fourth-order valence-electron chi connectivity index (χ4n) is 3.13. The number of carbonyl (C=O) groups excluding carboxylic acids is 1. The summed E-state index contributed by atoms with van der Waals surface area (Å²) in [5.41, 5.74) is 5.41. The lowest BCUT2D eigenvalue weighted by Crippen LogP contribution is -2.31. The van der Waals surface area contributed by atoms with E-state index in [0.717, 1.165) is 33.8 Å². The van der Waals surface area contributed by atoms with Crippen molar-refractivity contribution < 1.29 is 9.53 Å². The van der Waals surface area contributed by atoms with Crippen LogP contribution in [0, 0.1) is 27.7 Å². The highest BCUT2D eigenvalue weighted by Gasteiger charge is 2.20. The maximum atomic E-state index is 12.8. The zero-order chi connectivity index (χ0) is 20.3. The molecule has 1 heterocycles. The van der Waals surface area contributed by atoms with E-state index < -0.39 is 0 Å². The van der Waals surface area contributed by atoms with Gasteiger partial charge in [0, 0.05) is 7.05 Å². The van der Waals surface area contributed by atoms with E-state index in [2.05, 4.69) is 16.4 Å². The van der Waals surface area contributed by atoms with Crippen molar-refractivity contribution in [2.45, 2.75) is 27.7 Å². The van der Waals surface area contributed by atoms with E-state index in [1.54, 1.807) is 16.6 Å². The quantitative estimate of drug-likeness (QED) is 0.657. The molecule has 0 saturated heterocycles. The molecule has 0 saturated carbocycles. The summed E-state index contributed by atoms with van der Waals surface area (Å²) in [5.74, 6) is 0.653. The predicted octanol–water partition coefficient (Wildman–Crippen LogP) is 3.65. The smallest absolute Gasteiger partial charge is 0.276 e. The Hall–Kier alpha value is -3.15. The Morgan fingerprint density at radius 3 is 2.43 bits per heavy atom. The second-order valence-corrected chi connectivity index (χ2v) is 7.17. The van der Waals surface area contributed by atoms with Crippen LogP contribution >= 0.6 is 0 Å². The lowest BCUT2D eigenvalue weighted by molar-refractivity contribution is 0.0767. The van der Waals surface area contributed by atoms with Gasteiger partial charge in [0.05, 0.1) is 17.9 Å². The van der Waals surface area contributed by atoms with Gasteiger partial charge in [-0.1, -0.05) is 23.4 Å². The van der Waals surface area contributed by atoms with Crippen molar-refractivity contribution in [2.75, 3.05) is 20.2 Å². The zero-order valence-corrected chi connectivity index (χ0v) is 17.1. The van der Waals surface area contributed by atoms with Crippen LogP contribution in [0.5, 0.6) is 5.75 Å². The standard InChI is InChI=1S/C22H26N4O2/c1-15-7-6-8-19(12-15)26-18(4)21(23-24-26)22(27)25(5)9-10-28-20-13-16(2)11-17(3)14-20/h6-8,11-14H,9-10H2,1-5H3. The van der Waals surface area contributed by atoms with Gasteiger partial charge in [0.1, 0.15) is 12.4 Å². The average molecular weight is 378 g/mol. The van der Waals surface area contributed by atoms with Crippen LogP contribution in [0.15, 0.2) is 42.5 Å². The van der Waals surface area contributed by atoms with Gasteiger partial charge in [-0.3, -0.25) is 4.79 Å².